The van der Waals surface area contributed by atoms with Crippen LogP contribution in [0, 0.1) is 0 Å². The second kappa shape index (κ2) is 6.92. The molecule has 1 aliphatic heterocycles. The summed E-state index contributed by atoms with van der Waals surface area (Å²) in [5, 5.41) is 29.3. The number of fused-ring (bicyclic) bond motifs is 1. The van der Waals surface area contributed by atoms with Crippen LogP contribution in [0.2, 0.25) is 5.02 Å². The van der Waals surface area contributed by atoms with Gasteiger partial charge in [-0.1, -0.05) is 29.8 Å². The van der Waals surface area contributed by atoms with Gasteiger partial charge < -0.3 is 24.5 Å². The first-order valence-corrected chi connectivity index (χ1v) is 8.11. The van der Waals surface area contributed by atoms with Crippen molar-refractivity contribution in [1.29, 1.82) is 0 Å². The minimum absolute atomic E-state index is 0.00892. The summed E-state index contributed by atoms with van der Waals surface area (Å²) in [7, 11) is 0. The molecule has 7 heteroatoms. The van der Waals surface area contributed by atoms with Crippen LogP contribution in [0.1, 0.15) is 19.1 Å². The number of allylic oxidation sites excluding steroid dienone is 2. The van der Waals surface area contributed by atoms with Gasteiger partial charge in [0.15, 0.2) is 0 Å². The average molecular weight is 365 g/mol. The van der Waals surface area contributed by atoms with E-state index in [1.54, 1.807) is 18.2 Å². The van der Waals surface area contributed by atoms with Crippen LogP contribution in [-0.2, 0) is 4.74 Å². The van der Waals surface area contributed by atoms with Gasteiger partial charge in [-0.05, 0) is 19.1 Å². The van der Waals surface area contributed by atoms with Crippen molar-refractivity contribution < 1.29 is 24.5 Å². The van der Waals surface area contributed by atoms with E-state index in [-0.39, 0.29) is 39.5 Å². The smallest absolute Gasteiger partial charge is 0.347 e. The van der Waals surface area contributed by atoms with Gasteiger partial charge in [-0.2, -0.15) is 0 Å². The summed E-state index contributed by atoms with van der Waals surface area (Å²) >= 11 is 5.99. The summed E-state index contributed by atoms with van der Waals surface area (Å²) in [6, 6.07) is 2.44. The van der Waals surface area contributed by atoms with E-state index >= 15 is 0 Å². The largest absolute Gasteiger partial charge is 0.507 e. The SMILES string of the molecule is C[C@H]1C[C@@H](O)[C@@H](C=CC=Cc2cc3c(Cl)c(O)cc(O)c3c(=O)o2)O1. The van der Waals surface area contributed by atoms with Crippen LogP contribution in [0.3, 0.4) is 0 Å². The van der Waals surface area contributed by atoms with E-state index in [2.05, 4.69) is 0 Å². The van der Waals surface area contributed by atoms with Gasteiger partial charge in [-0.25, -0.2) is 4.79 Å². The normalized spacial score (nSPS) is 24.0. The van der Waals surface area contributed by atoms with Gasteiger partial charge in [0.05, 0.1) is 17.2 Å². The van der Waals surface area contributed by atoms with Crippen molar-refractivity contribution >= 4 is 28.4 Å². The highest BCUT2D eigenvalue weighted by atomic mass is 35.5. The maximum Gasteiger partial charge on any atom is 0.347 e. The molecule has 0 aliphatic carbocycles. The topological polar surface area (TPSA) is 100 Å². The fourth-order valence-corrected chi connectivity index (χ4v) is 3.00. The van der Waals surface area contributed by atoms with Crippen LogP contribution >= 0.6 is 11.6 Å². The van der Waals surface area contributed by atoms with Crippen molar-refractivity contribution in [2.24, 2.45) is 0 Å². The van der Waals surface area contributed by atoms with Gasteiger partial charge in [0.1, 0.15) is 28.7 Å². The number of halogens is 1. The lowest BCUT2D eigenvalue weighted by molar-refractivity contribution is 0.0469. The van der Waals surface area contributed by atoms with Gasteiger partial charge in [0.25, 0.3) is 0 Å². The molecule has 0 unspecified atom stereocenters. The predicted molar refractivity (Wildman–Crippen MR) is 94.0 cm³/mol. The van der Waals surface area contributed by atoms with Crippen molar-refractivity contribution in [2.75, 3.05) is 0 Å². The molecule has 132 valence electrons. The van der Waals surface area contributed by atoms with Gasteiger partial charge in [-0.3, -0.25) is 0 Å². The Morgan fingerprint density at radius 3 is 2.68 bits per heavy atom. The Balaban J connectivity index is 1.87. The standard InChI is InChI=1S/C18H17ClO6/c1-9-6-12(20)15(24-9)5-3-2-4-10-7-11-16(18(23)25-10)13(21)8-14(22)17(11)19/h2-5,7-9,12,15,20-22H,6H2,1H3/t9-,12+,15+/m0/s1. The fraction of sp³-hybridized carbons (Fsp3) is 0.278. The molecule has 1 fully saturated rings. The molecule has 2 aromatic rings. The molecular weight excluding hydrogens is 348 g/mol. The minimum atomic E-state index is -0.760. The van der Waals surface area contributed by atoms with E-state index in [1.165, 1.54) is 12.1 Å². The van der Waals surface area contributed by atoms with Crippen LogP contribution in [0.4, 0.5) is 0 Å². The van der Waals surface area contributed by atoms with Crippen LogP contribution in [0.25, 0.3) is 16.8 Å². The zero-order valence-electron chi connectivity index (χ0n) is 13.3. The molecule has 0 saturated carbocycles. The van der Waals surface area contributed by atoms with Gasteiger partial charge in [0, 0.05) is 17.9 Å². The molecule has 0 amide bonds. The molecule has 1 saturated heterocycles. The Labute approximate surface area is 148 Å². The second-order valence-electron chi connectivity index (χ2n) is 5.91. The maximum atomic E-state index is 12.0. The van der Waals surface area contributed by atoms with E-state index in [4.69, 9.17) is 20.8 Å². The van der Waals surface area contributed by atoms with E-state index in [9.17, 15) is 20.1 Å². The first-order valence-electron chi connectivity index (χ1n) is 7.73. The maximum absolute atomic E-state index is 12.0. The molecule has 1 aliphatic rings. The number of hydrogen-bond acceptors (Lipinski definition) is 6. The number of ether oxygens (including phenoxy) is 1. The summed E-state index contributed by atoms with van der Waals surface area (Å²) in [6.07, 6.45) is 6.24. The van der Waals surface area contributed by atoms with Crippen LogP contribution in [0.15, 0.2) is 39.6 Å². The third-order valence-electron chi connectivity index (χ3n) is 3.98. The Kier molecular flexibility index (Phi) is 4.85. The van der Waals surface area contributed by atoms with E-state index in [1.807, 2.05) is 6.92 Å². The summed E-state index contributed by atoms with van der Waals surface area (Å²) < 4.78 is 10.6. The average Bonchev–Trinajstić information content (AvgIpc) is 2.86. The first kappa shape index (κ1) is 17.5. The third kappa shape index (κ3) is 3.56. The van der Waals surface area contributed by atoms with Gasteiger partial charge >= 0.3 is 5.63 Å². The molecule has 3 N–H and O–H groups in total. The molecule has 3 rings (SSSR count). The number of phenolic OH excluding ortho intramolecular Hbond substituents is 2. The molecule has 0 spiro atoms. The van der Waals surface area contributed by atoms with E-state index in [0.29, 0.717) is 6.42 Å². The summed E-state index contributed by atoms with van der Waals surface area (Å²) in [6.45, 7) is 1.89. The molecule has 3 atom stereocenters. The molecular formula is C18H17ClO6. The highest BCUT2D eigenvalue weighted by molar-refractivity contribution is 6.37. The monoisotopic (exact) mass is 364 g/mol. The first-order chi connectivity index (χ1) is 11.9. The third-order valence-corrected chi connectivity index (χ3v) is 4.37. The highest BCUT2D eigenvalue weighted by Crippen LogP contribution is 2.36. The Morgan fingerprint density at radius 1 is 1.24 bits per heavy atom. The molecule has 25 heavy (non-hydrogen) atoms. The van der Waals surface area contributed by atoms with Crippen LogP contribution in [-0.4, -0.2) is 33.6 Å². The Bertz CT molecular complexity index is 914. The summed E-state index contributed by atoms with van der Waals surface area (Å²) in [4.78, 5) is 12.0. The zero-order valence-corrected chi connectivity index (χ0v) is 14.1. The van der Waals surface area contributed by atoms with Crippen molar-refractivity contribution in [1.82, 2.24) is 0 Å². The number of benzene rings is 1. The molecule has 1 aromatic carbocycles. The lowest BCUT2D eigenvalue weighted by atomic mass is 10.1. The molecule has 1 aromatic heterocycles. The minimum Gasteiger partial charge on any atom is -0.507 e. The summed E-state index contributed by atoms with van der Waals surface area (Å²) in [5.41, 5.74) is -0.760. The van der Waals surface area contributed by atoms with Crippen molar-refractivity contribution in [3.8, 4) is 11.5 Å². The second-order valence-corrected chi connectivity index (χ2v) is 6.29. The number of phenols is 2. The lowest BCUT2D eigenvalue weighted by Crippen LogP contribution is -2.17. The molecule has 0 radical (unpaired) electrons. The van der Waals surface area contributed by atoms with Crippen LogP contribution in [0.5, 0.6) is 11.5 Å². The quantitative estimate of drug-likeness (QED) is 0.724. The van der Waals surface area contributed by atoms with E-state index < -0.39 is 17.5 Å². The van der Waals surface area contributed by atoms with Gasteiger partial charge in [0.2, 0.25) is 0 Å². The van der Waals surface area contributed by atoms with E-state index in [0.717, 1.165) is 6.07 Å². The molecule has 0 bridgehead atoms. The number of rotatable bonds is 3. The molecule has 2 heterocycles. The Hall–Kier alpha value is -2.28. The highest BCUT2D eigenvalue weighted by Gasteiger charge is 2.28. The number of aliphatic hydroxyl groups is 1. The van der Waals surface area contributed by atoms with Crippen molar-refractivity contribution in [3.63, 3.8) is 0 Å². The van der Waals surface area contributed by atoms with Gasteiger partial charge in [-0.15, -0.1) is 0 Å². The number of aromatic hydroxyl groups is 2. The lowest BCUT2D eigenvalue weighted by Gasteiger charge is -2.07. The Morgan fingerprint density at radius 2 is 2.00 bits per heavy atom. The summed E-state index contributed by atoms with van der Waals surface area (Å²) in [5.74, 6) is -0.522. The van der Waals surface area contributed by atoms with Crippen LogP contribution < -0.4 is 5.63 Å². The predicted octanol–water partition coefficient (Wildman–Crippen LogP) is 2.97. The fourth-order valence-electron chi connectivity index (χ4n) is 2.80. The van der Waals surface area contributed by atoms with Crippen molar-refractivity contribution in [3.05, 3.63) is 51.6 Å². The number of hydrogen-bond donors (Lipinski definition) is 3. The zero-order chi connectivity index (χ0) is 18.1. The number of aliphatic hydroxyl groups excluding tert-OH is 1. The van der Waals surface area contributed by atoms with Crippen molar-refractivity contribution in [2.45, 2.75) is 31.7 Å². The molecule has 6 nitrogen and oxygen atoms in total.